The van der Waals surface area contributed by atoms with E-state index in [1.165, 1.54) is 24.7 Å². The number of aromatic nitrogens is 3. The molecular weight excluding hydrogens is 451 g/mol. The molecule has 33 heavy (non-hydrogen) atoms. The second-order valence-corrected chi connectivity index (χ2v) is 8.75. The van der Waals surface area contributed by atoms with Crippen molar-refractivity contribution < 1.29 is 23.8 Å². The Morgan fingerprint density at radius 2 is 2.00 bits per heavy atom. The van der Waals surface area contributed by atoms with Crippen LogP contribution in [0.4, 0.5) is 9.18 Å². The van der Waals surface area contributed by atoms with Crippen LogP contribution < -0.4 is 0 Å². The number of likely N-dealkylation sites (tertiary alicyclic amines) is 1. The predicted molar refractivity (Wildman–Crippen MR) is 120 cm³/mol. The first-order valence-electron chi connectivity index (χ1n) is 10.7. The fraction of sp³-hybridized carbons (Fsp3) is 0.391. The van der Waals surface area contributed by atoms with E-state index >= 15 is 4.39 Å². The van der Waals surface area contributed by atoms with Crippen LogP contribution >= 0.6 is 11.6 Å². The Labute approximate surface area is 194 Å². The van der Waals surface area contributed by atoms with Crippen LogP contribution in [0.3, 0.4) is 0 Å². The molecular formula is C23H24ClFN4O4. The summed E-state index contributed by atoms with van der Waals surface area (Å²) in [6.07, 6.45) is 3.85. The number of carbonyl (C=O) groups excluding carboxylic acids is 1. The second-order valence-electron chi connectivity index (χ2n) is 8.34. The van der Waals surface area contributed by atoms with Gasteiger partial charge in [-0.15, -0.1) is 0 Å². The summed E-state index contributed by atoms with van der Waals surface area (Å²) in [5.41, 5.74) is 1.68. The van der Waals surface area contributed by atoms with Gasteiger partial charge in [-0.2, -0.15) is 0 Å². The molecule has 0 spiro atoms. The number of fused-ring (bicyclic) bond motifs is 1. The maximum atomic E-state index is 15.0. The lowest BCUT2D eigenvalue weighted by molar-refractivity contribution is 0.0660. The van der Waals surface area contributed by atoms with Crippen molar-refractivity contribution in [1.29, 1.82) is 0 Å². The van der Waals surface area contributed by atoms with Crippen molar-refractivity contribution in [2.24, 2.45) is 0 Å². The average molecular weight is 475 g/mol. The molecule has 1 aliphatic rings. The van der Waals surface area contributed by atoms with Gasteiger partial charge in [0.2, 0.25) is 0 Å². The zero-order valence-electron chi connectivity index (χ0n) is 18.3. The molecule has 10 heteroatoms. The number of piperidine rings is 1. The molecule has 4 rings (SSSR count). The van der Waals surface area contributed by atoms with Gasteiger partial charge in [0.15, 0.2) is 5.82 Å². The smallest absolute Gasteiger partial charge is 0.410 e. The molecule has 1 fully saturated rings. The lowest BCUT2D eigenvalue weighted by Crippen LogP contribution is -2.40. The van der Waals surface area contributed by atoms with Gasteiger partial charge in [-0.25, -0.2) is 23.9 Å². The van der Waals surface area contributed by atoms with Crippen molar-refractivity contribution in [2.45, 2.75) is 45.3 Å². The Morgan fingerprint density at radius 1 is 1.27 bits per heavy atom. The van der Waals surface area contributed by atoms with Crippen molar-refractivity contribution >= 4 is 34.7 Å². The minimum Gasteiger partial charge on any atom is -0.478 e. The van der Waals surface area contributed by atoms with E-state index < -0.39 is 11.8 Å². The molecule has 3 aromatic rings. The Morgan fingerprint density at radius 3 is 2.64 bits per heavy atom. The van der Waals surface area contributed by atoms with Crippen LogP contribution in [0.1, 0.15) is 54.3 Å². The van der Waals surface area contributed by atoms with E-state index in [0.29, 0.717) is 48.2 Å². The third kappa shape index (κ3) is 4.78. The summed E-state index contributed by atoms with van der Waals surface area (Å²) in [5.74, 6) is -1.50. The zero-order valence-corrected chi connectivity index (χ0v) is 19.0. The van der Waals surface area contributed by atoms with Gasteiger partial charge in [0.1, 0.15) is 12.0 Å². The second kappa shape index (κ2) is 9.35. The van der Waals surface area contributed by atoms with Crippen LogP contribution in [-0.4, -0.2) is 55.8 Å². The monoisotopic (exact) mass is 474 g/mol. The number of carboxylic acids is 1. The summed E-state index contributed by atoms with van der Waals surface area (Å²) in [6.45, 7) is 4.65. The highest BCUT2D eigenvalue weighted by Gasteiger charge is 2.28. The van der Waals surface area contributed by atoms with Crippen LogP contribution in [-0.2, 0) is 11.2 Å². The molecule has 0 bridgehead atoms. The molecule has 3 heterocycles. The van der Waals surface area contributed by atoms with E-state index in [2.05, 4.69) is 9.97 Å². The normalized spacial score (nSPS) is 14.8. The molecule has 0 unspecified atom stereocenters. The van der Waals surface area contributed by atoms with E-state index in [4.69, 9.17) is 21.4 Å². The first-order valence-corrected chi connectivity index (χ1v) is 11.1. The zero-order chi connectivity index (χ0) is 23.7. The number of hydrogen-bond donors (Lipinski definition) is 1. The molecule has 1 amide bonds. The Kier molecular flexibility index (Phi) is 6.51. The SMILES string of the molecule is CC(C)OC(=O)N1CCC(n2cc(F)c3c(Cc4ccc(C(=O)O)cc4Cl)ncnc32)CC1. The van der Waals surface area contributed by atoms with Crippen molar-refractivity contribution in [3.05, 3.63) is 58.4 Å². The standard InChI is InChI=1S/C23H24ClFN4O4/c1-13(2)33-23(32)28-7-5-16(6-8-28)29-11-18(25)20-19(26-12-27-21(20)29)10-14-3-4-15(22(30)31)9-17(14)24/h3-4,9,11-13,16H,5-8,10H2,1-2H3,(H,30,31). The molecule has 0 radical (unpaired) electrons. The van der Waals surface area contributed by atoms with E-state index in [1.807, 2.05) is 18.4 Å². The third-order valence-corrected chi connectivity index (χ3v) is 6.10. The van der Waals surface area contributed by atoms with Gasteiger partial charge >= 0.3 is 12.1 Å². The van der Waals surface area contributed by atoms with Gasteiger partial charge in [0, 0.05) is 36.8 Å². The van der Waals surface area contributed by atoms with Crippen LogP contribution in [0.15, 0.2) is 30.7 Å². The number of rotatable bonds is 5. The Bertz CT molecular complexity index is 1200. The maximum absolute atomic E-state index is 15.0. The summed E-state index contributed by atoms with van der Waals surface area (Å²) in [7, 11) is 0. The minimum absolute atomic E-state index is 0.0127. The molecule has 2 aromatic heterocycles. The molecule has 0 atom stereocenters. The van der Waals surface area contributed by atoms with Crippen LogP contribution in [0.25, 0.3) is 11.0 Å². The number of hydrogen-bond acceptors (Lipinski definition) is 5. The van der Waals surface area contributed by atoms with Crippen molar-refractivity contribution in [3.8, 4) is 0 Å². The average Bonchev–Trinajstić information content (AvgIpc) is 3.12. The van der Waals surface area contributed by atoms with Gasteiger partial charge in [0.05, 0.1) is 22.7 Å². The number of aromatic carboxylic acids is 1. The van der Waals surface area contributed by atoms with Crippen molar-refractivity contribution in [3.63, 3.8) is 0 Å². The van der Waals surface area contributed by atoms with E-state index in [9.17, 15) is 9.59 Å². The van der Waals surface area contributed by atoms with Gasteiger partial charge in [0.25, 0.3) is 0 Å². The number of halogens is 2. The molecule has 8 nitrogen and oxygen atoms in total. The number of ether oxygens (including phenoxy) is 1. The molecule has 1 aromatic carbocycles. The van der Waals surface area contributed by atoms with Gasteiger partial charge in [-0.1, -0.05) is 17.7 Å². The van der Waals surface area contributed by atoms with Crippen molar-refractivity contribution in [2.75, 3.05) is 13.1 Å². The van der Waals surface area contributed by atoms with Crippen LogP contribution in [0, 0.1) is 5.82 Å². The Balaban J connectivity index is 1.57. The summed E-state index contributed by atoms with van der Waals surface area (Å²) in [5, 5.41) is 9.72. The topological polar surface area (TPSA) is 97.5 Å². The molecule has 1 N–H and O–H groups in total. The number of amides is 1. The van der Waals surface area contributed by atoms with Gasteiger partial charge < -0.3 is 19.3 Å². The first kappa shape index (κ1) is 23.0. The van der Waals surface area contributed by atoms with Crippen LogP contribution in [0.2, 0.25) is 5.02 Å². The Hall–Kier alpha value is -3.20. The lowest BCUT2D eigenvalue weighted by atomic mass is 10.0. The number of nitrogens with zero attached hydrogens (tertiary/aromatic N) is 4. The maximum Gasteiger partial charge on any atom is 0.410 e. The third-order valence-electron chi connectivity index (χ3n) is 5.75. The number of benzene rings is 1. The van der Waals surface area contributed by atoms with Gasteiger partial charge in [-0.3, -0.25) is 0 Å². The first-order chi connectivity index (χ1) is 15.7. The highest BCUT2D eigenvalue weighted by Crippen LogP contribution is 2.31. The molecule has 0 aliphatic carbocycles. The number of carbonyl (C=O) groups is 2. The summed E-state index contributed by atoms with van der Waals surface area (Å²) in [4.78, 5) is 33.6. The highest BCUT2D eigenvalue weighted by atomic mass is 35.5. The molecule has 0 saturated carbocycles. The fourth-order valence-electron chi connectivity index (χ4n) is 4.12. The van der Waals surface area contributed by atoms with E-state index in [-0.39, 0.29) is 35.2 Å². The summed E-state index contributed by atoms with van der Waals surface area (Å²) < 4.78 is 22.1. The predicted octanol–water partition coefficient (Wildman–Crippen LogP) is 4.69. The summed E-state index contributed by atoms with van der Waals surface area (Å²) >= 11 is 6.26. The van der Waals surface area contributed by atoms with Crippen LogP contribution in [0.5, 0.6) is 0 Å². The van der Waals surface area contributed by atoms with E-state index in [0.717, 1.165) is 0 Å². The molecule has 1 aliphatic heterocycles. The van der Waals surface area contributed by atoms with Gasteiger partial charge in [-0.05, 0) is 44.4 Å². The highest BCUT2D eigenvalue weighted by molar-refractivity contribution is 6.31. The fourth-order valence-corrected chi connectivity index (χ4v) is 4.37. The lowest BCUT2D eigenvalue weighted by Gasteiger charge is -2.32. The molecule has 174 valence electrons. The van der Waals surface area contributed by atoms with E-state index in [1.54, 1.807) is 11.0 Å². The minimum atomic E-state index is -1.07. The number of carboxylic acid groups (broad SMARTS) is 1. The largest absolute Gasteiger partial charge is 0.478 e. The summed E-state index contributed by atoms with van der Waals surface area (Å²) in [6, 6.07) is 4.43. The quantitative estimate of drug-likeness (QED) is 0.576. The van der Waals surface area contributed by atoms with Crippen molar-refractivity contribution in [1.82, 2.24) is 19.4 Å². The molecule has 1 saturated heterocycles.